The van der Waals surface area contributed by atoms with E-state index in [1.807, 2.05) is 0 Å². The molecule has 3 rings (SSSR count). The summed E-state index contributed by atoms with van der Waals surface area (Å²) in [5.41, 5.74) is 5.42. The Balaban J connectivity index is 1.44. The van der Waals surface area contributed by atoms with E-state index in [-0.39, 0.29) is 0 Å². The van der Waals surface area contributed by atoms with E-state index >= 15 is 0 Å². The Kier molecular flexibility index (Phi) is 10.2. The first-order valence-electron chi connectivity index (χ1n) is 12.3. The number of unbranched alkanes of at least 4 members (excludes halogenated alkanes) is 6. The van der Waals surface area contributed by atoms with Crippen LogP contribution >= 0.6 is 11.3 Å². The second-order valence-corrected chi connectivity index (χ2v) is 9.75. The second-order valence-electron chi connectivity index (χ2n) is 8.60. The van der Waals surface area contributed by atoms with Crippen LogP contribution in [0.3, 0.4) is 0 Å². The van der Waals surface area contributed by atoms with Crippen molar-refractivity contribution in [2.24, 2.45) is 0 Å². The van der Waals surface area contributed by atoms with Crippen molar-refractivity contribution < 1.29 is 0 Å². The van der Waals surface area contributed by atoms with Crippen LogP contribution < -0.4 is 0 Å². The number of nitrogens with zero attached hydrogens (tertiary/aromatic N) is 2. The average molecular weight is 435 g/mol. The topological polar surface area (TPSA) is 25.8 Å². The first-order chi connectivity index (χ1) is 15.3. The quantitative estimate of drug-likeness (QED) is 0.239. The fourth-order valence-corrected chi connectivity index (χ4v) is 4.81. The van der Waals surface area contributed by atoms with E-state index in [0.29, 0.717) is 0 Å². The Morgan fingerprint density at radius 1 is 0.516 bits per heavy atom. The summed E-state index contributed by atoms with van der Waals surface area (Å²) in [4.78, 5) is 0. The monoisotopic (exact) mass is 434 g/mol. The molecule has 0 bridgehead atoms. The fourth-order valence-electron chi connectivity index (χ4n) is 3.93. The maximum Gasteiger partial charge on any atom is 0.117 e. The van der Waals surface area contributed by atoms with E-state index in [4.69, 9.17) is 0 Å². The van der Waals surface area contributed by atoms with E-state index in [1.54, 1.807) is 11.3 Å². The molecule has 2 nitrogen and oxygen atoms in total. The Labute approximate surface area is 193 Å². The highest BCUT2D eigenvalue weighted by atomic mass is 32.1. The summed E-state index contributed by atoms with van der Waals surface area (Å²) in [6.45, 7) is 4.52. The van der Waals surface area contributed by atoms with Gasteiger partial charge >= 0.3 is 0 Å². The molecule has 0 saturated heterocycles. The lowest BCUT2D eigenvalue weighted by atomic mass is 9.99. The predicted molar refractivity (Wildman–Crippen MR) is 135 cm³/mol. The average Bonchev–Trinajstić information content (AvgIpc) is 3.26. The molecule has 0 spiro atoms. The lowest BCUT2D eigenvalue weighted by molar-refractivity contribution is 0.629. The van der Waals surface area contributed by atoms with Crippen LogP contribution in [0.4, 0.5) is 0 Å². The highest BCUT2D eigenvalue weighted by Gasteiger charge is 2.06. The molecular weight excluding hydrogens is 396 g/mol. The molecule has 1 aromatic heterocycles. The minimum absolute atomic E-state index is 0.985. The zero-order chi connectivity index (χ0) is 21.7. The SMILES string of the molecule is CCCCCCCc1nnc(CCc2ccc(-c3ccc(CCCCC)cc3)cc2)s1. The van der Waals surface area contributed by atoms with Gasteiger partial charge in [0.15, 0.2) is 0 Å². The van der Waals surface area contributed by atoms with Crippen LogP contribution in [0.2, 0.25) is 0 Å². The van der Waals surface area contributed by atoms with Crippen LogP contribution in [0.15, 0.2) is 48.5 Å². The Hall–Kier alpha value is -2.00. The zero-order valence-corrected chi connectivity index (χ0v) is 20.2. The van der Waals surface area contributed by atoms with Gasteiger partial charge in [-0.2, -0.15) is 0 Å². The third-order valence-electron chi connectivity index (χ3n) is 5.94. The van der Waals surface area contributed by atoms with Gasteiger partial charge in [0, 0.05) is 12.8 Å². The molecule has 0 N–H and O–H groups in total. The Bertz CT molecular complexity index is 865. The molecule has 1 heterocycles. The third-order valence-corrected chi connectivity index (χ3v) is 6.98. The number of hydrogen-bond donors (Lipinski definition) is 0. The highest BCUT2D eigenvalue weighted by molar-refractivity contribution is 7.11. The molecule has 0 radical (unpaired) electrons. The zero-order valence-electron chi connectivity index (χ0n) is 19.4. The van der Waals surface area contributed by atoms with Crippen LogP contribution in [-0.4, -0.2) is 10.2 Å². The van der Waals surface area contributed by atoms with E-state index in [2.05, 4.69) is 72.6 Å². The summed E-state index contributed by atoms with van der Waals surface area (Å²) < 4.78 is 0. The summed E-state index contributed by atoms with van der Waals surface area (Å²) >= 11 is 1.80. The van der Waals surface area contributed by atoms with Gasteiger partial charge in [0.05, 0.1) is 0 Å². The van der Waals surface area contributed by atoms with Crippen LogP contribution in [0.5, 0.6) is 0 Å². The first kappa shape index (κ1) is 23.7. The molecule has 166 valence electrons. The smallest absolute Gasteiger partial charge is 0.117 e. The molecular formula is C28H38N2S. The van der Waals surface area contributed by atoms with Crippen LogP contribution in [0, 0.1) is 0 Å². The van der Waals surface area contributed by atoms with Crippen molar-refractivity contribution >= 4 is 11.3 Å². The molecule has 0 aliphatic heterocycles. The van der Waals surface area contributed by atoms with Crippen molar-refractivity contribution in [1.29, 1.82) is 0 Å². The fraction of sp³-hybridized carbons (Fsp3) is 0.500. The van der Waals surface area contributed by atoms with Crippen LogP contribution in [0.1, 0.15) is 86.4 Å². The Morgan fingerprint density at radius 2 is 1.00 bits per heavy atom. The second kappa shape index (κ2) is 13.4. The molecule has 0 saturated carbocycles. The summed E-state index contributed by atoms with van der Waals surface area (Å²) in [7, 11) is 0. The van der Waals surface area contributed by atoms with Gasteiger partial charge in [-0.3, -0.25) is 0 Å². The van der Waals surface area contributed by atoms with E-state index in [9.17, 15) is 0 Å². The van der Waals surface area contributed by atoms with Gasteiger partial charge in [-0.05, 0) is 47.9 Å². The largest absolute Gasteiger partial charge is 0.144 e. The van der Waals surface area contributed by atoms with Crippen molar-refractivity contribution in [3.8, 4) is 11.1 Å². The van der Waals surface area contributed by atoms with E-state index in [0.717, 1.165) is 19.3 Å². The summed E-state index contributed by atoms with van der Waals surface area (Å²) in [5.74, 6) is 0. The van der Waals surface area contributed by atoms with Crippen LogP contribution in [-0.2, 0) is 25.7 Å². The molecule has 0 aliphatic rings. The van der Waals surface area contributed by atoms with Gasteiger partial charge in [-0.15, -0.1) is 21.5 Å². The van der Waals surface area contributed by atoms with Gasteiger partial charge in [0.2, 0.25) is 0 Å². The lowest BCUT2D eigenvalue weighted by Crippen LogP contribution is -1.91. The van der Waals surface area contributed by atoms with Crippen molar-refractivity contribution in [3.05, 3.63) is 69.7 Å². The molecule has 0 amide bonds. The molecule has 0 atom stereocenters. The van der Waals surface area contributed by atoms with Gasteiger partial charge in [-0.25, -0.2) is 0 Å². The summed E-state index contributed by atoms with van der Waals surface area (Å²) in [6.07, 6.45) is 14.8. The van der Waals surface area contributed by atoms with E-state index in [1.165, 1.54) is 90.1 Å². The summed E-state index contributed by atoms with van der Waals surface area (Å²) in [5, 5.41) is 11.2. The predicted octanol–water partition coefficient (Wildman–Crippen LogP) is 8.24. The van der Waals surface area contributed by atoms with Crippen molar-refractivity contribution in [2.75, 3.05) is 0 Å². The third kappa shape index (κ3) is 8.22. The molecule has 0 aliphatic carbocycles. The van der Waals surface area contributed by atoms with Gasteiger partial charge < -0.3 is 0 Å². The molecule has 3 aromatic rings. The Morgan fingerprint density at radius 3 is 1.61 bits per heavy atom. The maximum atomic E-state index is 4.41. The number of aromatic nitrogens is 2. The molecule has 31 heavy (non-hydrogen) atoms. The number of hydrogen-bond acceptors (Lipinski definition) is 3. The summed E-state index contributed by atoms with van der Waals surface area (Å²) in [6, 6.07) is 18.1. The maximum absolute atomic E-state index is 4.41. The number of rotatable bonds is 14. The molecule has 3 heteroatoms. The van der Waals surface area contributed by atoms with Gasteiger partial charge in [0.25, 0.3) is 0 Å². The van der Waals surface area contributed by atoms with Gasteiger partial charge in [-0.1, -0.05) is 101 Å². The van der Waals surface area contributed by atoms with E-state index < -0.39 is 0 Å². The minimum Gasteiger partial charge on any atom is -0.144 e. The van der Waals surface area contributed by atoms with Gasteiger partial charge in [0.1, 0.15) is 10.0 Å². The lowest BCUT2D eigenvalue weighted by Gasteiger charge is -2.06. The molecule has 0 fully saturated rings. The van der Waals surface area contributed by atoms with Crippen molar-refractivity contribution in [3.63, 3.8) is 0 Å². The normalized spacial score (nSPS) is 11.2. The standard InChI is InChI=1S/C28H38N2S/c1-3-5-7-8-10-12-27-29-30-28(31-27)22-17-24-15-20-26(21-16-24)25-18-13-23(14-19-25)11-9-6-4-2/h13-16,18-21H,3-12,17,22H2,1-2H3. The number of aryl methyl sites for hydroxylation is 4. The molecule has 2 aromatic carbocycles. The molecule has 0 unspecified atom stereocenters. The van der Waals surface area contributed by atoms with Crippen molar-refractivity contribution in [1.82, 2.24) is 10.2 Å². The van der Waals surface area contributed by atoms with Crippen LogP contribution in [0.25, 0.3) is 11.1 Å². The van der Waals surface area contributed by atoms with Crippen molar-refractivity contribution in [2.45, 2.75) is 90.9 Å². The number of benzene rings is 2. The highest BCUT2D eigenvalue weighted by Crippen LogP contribution is 2.22. The first-order valence-corrected chi connectivity index (χ1v) is 13.1. The minimum atomic E-state index is 0.985.